The van der Waals surface area contributed by atoms with Gasteiger partial charge in [-0.05, 0) is 19.4 Å². The zero-order valence-corrected chi connectivity index (χ0v) is 10.3. The molecule has 92 valence electrons. The Labute approximate surface area is 103 Å². The molecule has 0 aliphatic carbocycles. The number of rotatable bonds is 3. The number of Topliss-reactive ketones (excluding diaryl/α,β-unsaturated/α-hetero) is 1. The number of carboxylic acids is 1. The molecular formula is C11H14N2O3S. The smallest absolute Gasteiger partial charge is 0.356 e. The second-order valence-corrected chi connectivity index (χ2v) is 5.17. The van der Waals surface area contributed by atoms with Crippen LogP contribution in [-0.4, -0.2) is 34.9 Å². The number of piperidine rings is 1. The van der Waals surface area contributed by atoms with E-state index in [0.717, 1.165) is 30.9 Å². The number of nitrogens with zero attached hydrogens (tertiary/aromatic N) is 1. The number of nitrogens with one attached hydrogen (secondary N) is 1. The summed E-state index contributed by atoms with van der Waals surface area (Å²) >= 11 is 1.22. The maximum Gasteiger partial charge on any atom is 0.356 e. The minimum absolute atomic E-state index is 0.0944. The molecule has 1 atom stereocenters. The molecule has 0 amide bonds. The number of carbonyl (C=O) groups excluding carboxylic acids is 1. The van der Waals surface area contributed by atoms with Gasteiger partial charge in [-0.15, -0.1) is 11.3 Å². The van der Waals surface area contributed by atoms with Crippen molar-refractivity contribution >= 4 is 23.1 Å². The van der Waals surface area contributed by atoms with Crippen molar-refractivity contribution in [3.63, 3.8) is 0 Å². The summed E-state index contributed by atoms with van der Waals surface area (Å²) in [5.41, 5.74) is -0.0944. The summed E-state index contributed by atoms with van der Waals surface area (Å²) in [6, 6.07) is 0. The van der Waals surface area contributed by atoms with Crippen LogP contribution in [0.1, 0.15) is 50.9 Å². The van der Waals surface area contributed by atoms with E-state index < -0.39 is 5.97 Å². The van der Waals surface area contributed by atoms with Crippen LogP contribution in [0.25, 0.3) is 0 Å². The number of ketones is 1. The number of hydrogen-bond acceptors (Lipinski definition) is 5. The molecule has 0 aromatic carbocycles. The molecule has 1 saturated heterocycles. The summed E-state index contributed by atoms with van der Waals surface area (Å²) in [5.74, 6) is -1.11. The fourth-order valence-corrected chi connectivity index (χ4v) is 3.04. The van der Waals surface area contributed by atoms with Gasteiger partial charge in [0, 0.05) is 19.4 Å². The maximum atomic E-state index is 11.4. The molecule has 0 bridgehead atoms. The van der Waals surface area contributed by atoms with Gasteiger partial charge < -0.3 is 10.4 Å². The quantitative estimate of drug-likeness (QED) is 0.799. The van der Waals surface area contributed by atoms with Crippen molar-refractivity contribution in [1.29, 1.82) is 0 Å². The van der Waals surface area contributed by atoms with Crippen molar-refractivity contribution in [3.05, 3.63) is 15.6 Å². The highest BCUT2D eigenvalue weighted by Crippen LogP contribution is 2.29. The lowest BCUT2D eigenvalue weighted by atomic mass is 10.0. The highest BCUT2D eigenvalue weighted by molar-refractivity contribution is 7.14. The topological polar surface area (TPSA) is 79.3 Å². The van der Waals surface area contributed by atoms with E-state index in [2.05, 4.69) is 10.3 Å². The van der Waals surface area contributed by atoms with Gasteiger partial charge in [-0.2, -0.15) is 0 Å². The number of carboxylic acid groups (broad SMARTS) is 1. The van der Waals surface area contributed by atoms with Crippen LogP contribution in [0, 0.1) is 0 Å². The number of aromatic carboxylic acids is 1. The highest BCUT2D eigenvalue weighted by Gasteiger charge is 2.25. The Kier molecular flexibility index (Phi) is 3.54. The predicted octanol–water partition coefficient (Wildman–Crippen LogP) is 1.51. The van der Waals surface area contributed by atoms with Gasteiger partial charge in [-0.25, -0.2) is 9.78 Å². The largest absolute Gasteiger partial charge is 0.476 e. The molecule has 0 spiro atoms. The zero-order valence-electron chi connectivity index (χ0n) is 9.52. The average Bonchev–Trinajstić information content (AvgIpc) is 2.75. The van der Waals surface area contributed by atoms with Crippen molar-refractivity contribution in [2.75, 3.05) is 13.1 Å². The second-order valence-electron chi connectivity index (χ2n) is 4.13. The van der Waals surface area contributed by atoms with Crippen LogP contribution in [0.3, 0.4) is 0 Å². The predicted molar refractivity (Wildman–Crippen MR) is 63.9 cm³/mol. The van der Waals surface area contributed by atoms with E-state index in [1.165, 1.54) is 18.3 Å². The van der Waals surface area contributed by atoms with Crippen molar-refractivity contribution in [1.82, 2.24) is 10.3 Å². The Morgan fingerprint density at radius 1 is 1.53 bits per heavy atom. The van der Waals surface area contributed by atoms with Crippen LogP contribution < -0.4 is 5.32 Å². The normalized spacial score (nSPS) is 20.2. The van der Waals surface area contributed by atoms with Gasteiger partial charge >= 0.3 is 5.97 Å². The molecule has 2 heterocycles. The average molecular weight is 254 g/mol. The lowest BCUT2D eigenvalue weighted by Crippen LogP contribution is -2.28. The van der Waals surface area contributed by atoms with E-state index in [1.807, 2.05) is 0 Å². The maximum absolute atomic E-state index is 11.4. The van der Waals surface area contributed by atoms with Crippen molar-refractivity contribution in [2.45, 2.75) is 25.7 Å². The summed E-state index contributed by atoms with van der Waals surface area (Å²) < 4.78 is 0. The van der Waals surface area contributed by atoms with Crippen LogP contribution >= 0.6 is 11.3 Å². The van der Waals surface area contributed by atoms with E-state index in [4.69, 9.17) is 5.11 Å². The molecule has 0 radical (unpaired) electrons. The van der Waals surface area contributed by atoms with E-state index >= 15 is 0 Å². The van der Waals surface area contributed by atoms with Crippen molar-refractivity contribution < 1.29 is 14.7 Å². The highest BCUT2D eigenvalue weighted by atomic mass is 32.1. The first-order valence-corrected chi connectivity index (χ1v) is 6.37. The first-order valence-electron chi connectivity index (χ1n) is 5.55. The van der Waals surface area contributed by atoms with E-state index in [9.17, 15) is 9.59 Å². The monoisotopic (exact) mass is 254 g/mol. The molecule has 5 nitrogen and oxygen atoms in total. The van der Waals surface area contributed by atoms with Gasteiger partial charge in [0.1, 0.15) is 4.88 Å². The number of hydrogen-bond donors (Lipinski definition) is 2. The molecular weight excluding hydrogens is 240 g/mol. The minimum atomic E-state index is -1.12. The fraction of sp³-hybridized carbons (Fsp3) is 0.545. The van der Waals surface area contributed by atoms with E-state index in [0.29, 0.717) is 0 Å². The van der Waals surface area contributed by atoms with Gasteiger partial charge in [0.05, 0.1) is 5.01 Å². The third kappa shape index (κ3) is 2.53. The minimum Gasteiger partial charge on any atom is -0.476 e. The van der Waals surface area contributed by atoms with Gasteiger partial charge in [0.15, 0.2) is 11.5 Å². The molecule has 6 heteroatoms. The van der Waals surface area contributed by atoms with Gasteiger partial charge in [-0.1, -0.05) is 0 Å². The molecule has 1 fully saturated rings. The molecule has 2 N–H and O–H groups in total. The van der Waals surface area contributed by atoms with Gasteiger partial charge in [0.2, 0.25) is 0 Å². The Morgan fingerprint density at radius 3 is 2.76 bits per heavy atom. The molecule has 17 heavy (non-hydrogen) atoms. The van der Waals surface area contributed by atoms with Crippen molar-refractivity contribution in [3.8, 4) is 0 Å². The van der Waals surface area contributed by atoms with Crippen LogP contribution in [0.15, 0.2) is 0 Å². The molecule has 1 aliphatic heterocycles. The summed E-state index contributed by atoms with van der Waals surface area (Å²) in [7, 11) is 0. The lowest BCUT2D eigenvalue weighted by Gasteiger charge is -2.20. The Balaban J connectivity index is 2.32. The molecule has 2 rings (SSSR count). The Bertz CT molecular complexity index is 418. The first-order chi connectivity index (χ1) is 8.09. The third-order valence-corrected chi connectivity index (χ3v) is 4.13. The van der Waals surface area contributed by atoms with Crippen molar-refractivity contribution in [2.24, 2.45) is 0 Å². The molecule has 1 aromatic rings. The summed E-state index contributed by atoms with van der Waals surface area (Å²) in [6.45, 7) is 3.18. The second kappa shape index (κ2) is 4.93. The number of carbonyl (C=O) groups is 2. The van der Waals surface area contributed by atoms with E-state index in [-0.39, 0.29) is 22.3 Å². The molecule has 1 unspecified atom stereocenters. The van der Waals surface area contributed by atoms with Gasteiger partial charge in [0.25, 0.3) is 0 Å². The third-order valence-electron chi connectivity index (χ3n) is 2.81. The Hall–Kier alpha value is -1.27. The SMILES string of the molecule is CC(=O)c1sc(C2CCCNC2)nc1C(=O)O. The molecule has 0 saturated carbocycles. The zero-order chi connectivity index (χ0) is 12.4. The van der Waals surface area contributed by atoms with Crippen LogP contribution in [0.4, 0.5) is 0 Å². The summed E-state index contributed by atoms with van der Waals surface area (Å²) in [5, 5.41) is 13.0. The lowest BCUT2D eigenvalue weighted by molar-refractivity contribution is 0.0686. The molecule has 1 aliphatic rings. The van der Waals surface area contributed by atoms with Crippen LogP contribution in [0.2, 0.25) is 0 Å². The number of thiazole rings is 1. The standard InChI is InChI=1S/C11H14N2O3S/c1-6(14)9-8(11(15)16)13-10(17-9)7-3-2-4-12-5-7/h7,12H,2-5H2,1H3,(H,15,16). The summed E-state index contributed by atoms with van der Waals surface area (Å²) in [4.78, 5) is 26.7. The summed E-state index contributed by atoms with van der Waals surface area (Å²) in [6.07, 6.45) is 2.05. The number of aromatic nitrogens is 1. The van der Waals surface area contributed by atoms with Crippen LogP contribution in [-0.2, 0) is 0 Å². The molecule has 1 aromatic heterocycles. The van der Waals surface area contributed by atoms with E-state index in [1.54, 1.807) is 0 Å². The van der Waals surface area contributed by atoms with Gasteiger partial charge in [-0.3, -0.25) is 4.79 Å². The Morgan fingerprint density at radius 2 is 2.29 bits per heavy atom. The first kappa shape index (κ1) is 12.2. The fourth-order valence-electron chi connectivity index (χ4n) is 1.96. The van der Waals surface area contributed by atoms with Crippen LogP contribution in [0.5, 0.6) is 0 Å².